The zero-order valence-corrected chi connectivity index (χ0v) is 16.2. The number of aliphatic carboxylic acids is 1. The van der Waals surface area contributed by atoms with Crippen LogP contribution >= 0.6 is 0 Å². The van der Waals surface area contributed by atoms with E-state index in [1.54, 1.807) is 13.3 Å². The van der Waals surface area contributed by atoms with Gasteiger partial charge in [0.25, 0.3) is 0 Å². The van der Waals surface area contributed by atoms with Crippen molar-refractivity contribution in [2.24, 2.45) is 5.16 Å². The summed E-state index contributed by atoms with van der Waals surface area (Å²) in [7, 11) is 1.54. The highest BCUT2D eigenvalue weighted by Crippen LogP contribution is 2.15. The Labute approximate surface area is 169 Å². The van der Waals surface area contributed by atoms with Gasteiger partial charge in [0.15, 0.2) is 0 Å². The largest absolute Gasteiger partial charge is 0.481 e. The average Bonchev–Trinajstić information content (AvgIpc) is 2.76. The fraction of sp³-hybridized carbons (Fsp3) is 0.174. The number of rotatable bonds is 9. The summed E-state index contributed by atoms with van der Waals surface area (Å²) in [6.07, 6.45) is 2.29. The molecular formula is C23H23N3O3. The quantitative estimate of drug-likeness (QED) is 0.425. The molecule has 148 valence electrons. The molecule has 3 aromatic rings. The third kappa shape index (κ3) is 5.90. The molecular weight excluding hydrogens is 366 g/mol. The molecule has 3 rings (SSSR count). The van der Waals surface area contributed by atoms with E-state index in [1.165, 1.54) is 0 Å². The van der Waals surface area contributed by atoms with Crippen LogP contribution in [0.1, 0.15) is 28.7 Å². The molecule has 0 aliphatic carbocycles. The summed E-state index contributed by atoms with van der Waals surface area (Å²) in [4.78, 5) is 20.1. The lowest BCUT2D eigenvalue weighted by Crippen LogP contribution is -2.06. The fourth-order valence-corrected chi connectivity index (χ4v) is 2.91. The van der Waals surface area contributed by atoms with E-state index in [0.29, 0.717) is 13.0 Å². The van der Waals surface area contributed by atoms with Crippen LogP contribution in [0.2, 0.25) is 0 Å². The van der Waals surface area contributed by atoms with E-state index >= 15 is 0 Å². The summed E-state index contributed by atoms with van der Waals surface area (Å²) in [6, 6.07) is 21.8. The number of carboxylic acids is 1. The van der Waals surface area contributed by atoms with Gasteiger partial charge in [-0.1, -0.05) is 59.8 Å². The van der Waals surface area contributed by atoms with Crippen molar-refractivity contribution >= 4 is 17.5 Å². The Morgan fingerprint density at radius 3 is 2.52 bits per heavy atom. The molecule has 2 aromatic carbocycles. The maximum atomic E-state index is 10.7. The van der Waals surface area contributed by atoms with E-state index < -0.39 is 5.97 Å². The number of aryl methyl sites for hydroxylation is 1. The highest BCUT2D eigenvalue weighted by molar-refractivity contribution is 6.12. The molecule has 0 saturated carbocycles. The minimum atomic E-state index is -0.807. The Kier molecular flexibility index (Phi) is 6.95. The molecule has 1 heterocycles. The number of nitrogens with zero attached hydrogens (tertiary/aromatic N) is 2. The number of oxime groups is 1. The van der Waals surface area contributed by atoms with Crippen LogP contribution in [0.3, 0.4) is 0 Å². The lowest BCUT2D eigenvalue weighted by Gasteiger charge is -2.10. The molecule has 0 saturated heterocycles. The second-order valence-corrected chi connectivity index (χ2v) is 6.49. The van der Waals surface area contributed by atoms with Crippen LogP contribution in [0.25, 0.3) is 0 Å². The van der Waals surface area contributed by atoms with E-state index in [9.17, 15) is 4.79 Å². The topological polar surface area (TPSA) is 83.8 Å². The van der Waals surface area contributed by atoms with Crippen molar-refractivity contribution in [1.82, 2.24) is 4.98 Å². The van der Waals surface area contributed by atoms with Crippen LogP contribution in [-0.4, -0.2) is 28.9 Å². The molecule has 2 N–H and O–H groups in total. The zero-order valence-electron chi connectivity index (χ0n) is 16.2. The first-order chi connectivity index (χ1) is 14.2. The third-order valence-corrected chi connectivity index (χ3v) is 4.36. The van der Waals surface area contributed by atoms with Crippen LogP contribution in [0.5, 0.6) is 0 Å². The number of pyridine rings is 1. The molecule has 0 radical (unpaired) electrons. The number of hydrogen-bond donors (Lipinski definition) is 2. The van der Waals surface area contributed by atoms with E-state index in [1.807, 2.05) is 60.7 Å². The number of hydrogen-bond acceptors (Lipinski definition) is 5. The molecule has 0 aliphatic rings. The fourth-order valence-electron chi connectivity index (χ4n) is 2.91. The van der Waals surface area contributed by atoms with E-state index in [2.05, 4.69) is 21.5 Å². The molecule has 0 fully saturated rings. The Bertz CT molecular complexity index is 970. The smallest absolute Gasteiger partial charge is 0.303 e. The molecule has 0 amide bonds. The van der Waals surface area contributed by atoms with Gasteiger partial charge in [-0.15, -0.1) is 0 Å². The van der Waals surface area contributed by atoms with Gasteiger partial charge >= 0.3 is 5.97 Å². The second kappa shape index (κ2) is 10.0. The number of carbonyl (C=O) groups is 1. The normalized spacial score (nSPS) is 11.1. The first kappa shape index (κ1) is 20.1. The van der Waals surface area contributed by atoms with Gasteiger partial charge in [0, 0.05) is 30.3 Å². The minimum absolute atomic E-state index is 0.105. The van der Waals surface area contributed by atoms with E-state index in [0.717, 1.165) is 33.8 Å². The van der Waals surface area contributed by atoms with Crippen molar-refractivity contribution in [1.29, 1.82) is 0 Å². The van der Waals surface area contributed by atoms with Crippen LogP contribution in [0.15, 0.2) is 78.1 Å². The van der Waals surface area contributed by atoms with Crippen molar-refractivity contribution < 1.29 is 14.7 Å². The summed E-state index contributed by atoms with van der Waals surface area (Å²) < 4.78 is 0. The number of carboxylic acid groups (broad SMARTS) is 1. The first-order valence-corrected chi connectivity index (χ1v) is 9.32. The minimum Gasteiger partial charge on any atom is -0.481 e. The van der Waals surface area contributed by atoms with Crippen LogP contribution in [-0.2, 0) is 22.6 Å². The van der Waals surface area contributed by atoms with Crippen LogP contribution in [0.4, 0.5) is 5.82 Å². The summed E-state index contributed by atoms with van der Waals surface area (Å²) in [5, 5.41) is 16.3. The molecule has 0 spiro atoms. The van der Waals surface area contributed by atoms with Gasteiger partial charge in [-0.05, 0) is 29.7 Å². The van der Waals surface area contributed by atoms with Gasteiger partial charge < -0.3 is 15.3 Å². The maximum Gasteiger partial charge on any atom is 0.303 e. The third-order valence-electron chi connectivity index (χ3n) is 4.36. The van der Waals surface area contributed by atoms with Gasteiger partial charge in [-0.3, -0.25) is 4.79 Å². The Hall–Kier alpha value is -3.67. The maximum absolute atomic E-state index is 10.7. The Morgan fingerprint density at radius 1 is 1.03 bits per heavy atom. The van der Waals surface area contributed by atoms with Crippen LogP contribution in [0, 0.1) is 0 Å². The second-order valence-electron chi connectivity index (χ2n) is 6.49. The first-order valence-electron chi connectivity index (χ1n) is 9.32. The summed E-state index contributed by atoms with van der Waals surface area (Å²) >= 11 is 0. The van der Waals surface area contributed by atoms with Gasteiger partial charge in [-0.2, -0.15) is 0 Å². The molecule has 1 aromatic heterocycles. The van der Waals surface area contributed by atoms with Crippen molar-refractivity contribution in [3.8, 4) is 0 Å². The highest BCUT2D eigenvalue weighted by atomic mass is 16.6. The van der Waals surface area contributed by atoms with Crippen molar-refractivity contribution in [3.63, 3.8) is 0 Å². The van der Waals surface area contributed by atoms with Gasteiger partial charge in [0.2, 0.25) is 0 Å². The molecule has 0 aliphatic heterocycles. The monoisotopic (exact) mass is 389 g/mol. The van der Waals surface area contributed by atoms with Crippen molar-refractivity contribution in [2.45, 2.75) is 19.4 Å². The van der Waals surface area contributed by atoms with Crippen LogP contribution < -0.4 is 5.32 Å². The number of aromatic nitrogens is 1. The van der Waals surface area contributed by atoms with E-state index in [-0.39, 0.29) is 6.42 Å². The zero-order chi connectivity index (χ0) is 20.5. The molecule has 6 heteroatoms. The predicted molar refractivity (Wildman–Crippen MR) is 113 cm³/mol. The molecule has 0 atom stereocenters. The average molecular weight is 389 g/mol. The lowest BCUT2D eigenvalue weighted by atomic mass is 10.0. The summed E-state index contributed by atoms with van der Waals surface area (Å²) in [6.45, 7) is 0.602. The van der Waals surface area contributed by atoms with Gasteiger partial charge in [-0.25, -0.2) is 4.98 Å². The van der Waals surface area contributed by atoms with Crippen molar-refractivity contribution in [3.05, 3.63) is 95.2 Å². The molecule has 6 nitrogen and oxygen atoms in total. The van der Waals surface area contributed by atoms with Crippen molar-refractivity contribution in [2.75, 3.05) is 12.4 Å². The predicted octanol–water partition coefficient (Wildman–Crippen LogP) is 4.11. The number of anilines is 1. The molecule has 0 unspecified atom stereocenters. The number of benzene rings is 2. The standard InChI is InChI=1S/C23H23N3O3/c1-29-26-23(19-7-3-2-4-8-19)20-9-5-6-18(14-20)16-25-21-12-10-17(15-24-21)11-13-22(27)28/h2-10,12,14-15H,11,13,16H2,1H3,(H,24,25)(H,27,28)/b26-23-. The molecule has 29 heavy (non-hydrogen) atoms. The number of nitrogens with one attached hydrogen (secondary N) is 1. The SMILES string of the molecule is CO/N=C(/c1ccccc1)c1cccc(CNc2ccc(CCC(=O)O)cn2)c1. The Balaban J connectivity index is 1.68. The van der Waals surface area contributed by atoms with E-state index in [4.69, 9.17) is 9.94 Å². The Morgan fingerprint density at radius 2 is 1.83 bits per heavy atom. The van der Waals surface area contributed by atoms with Gasteiger partial charge in [0.1, 0.15) is 18.6 Å². The lowest BCUT2D eigenvalue weighted by molar-refractivity contribution is -0.136. The summed E-state index contributed by atoms with van der Waals surface area (Å²) in [5.41, 5.74) is 4.71. The highest BCUT2D eigenvalue weighted by Gasteiger charge is 2.09. The molecule has 0 bridgehead atoms. The summed E-state index contributed by atoms with van der Waals surface area (Å²) in [5.74, 6) is -0.0673. The van der Waals surface area contributed by atoms with Gasteiger partial charge in [0.05, 0.1) is 0 Å².